The number of imidazole rings is 1. The minimum atomic E-state index is -0.206. The first-order valence-corrected chi connectivity index (χ1v) is 10.7. The number of oxime groups is 1. The molecule has 3 aromatic heterocycles. The van der Waals surface area contributed by atoms with E-state index < -0.39 is 0 Å². The SMILES string of the molecule is Cc1cncc(-c2ccccc2OCC2CC(CNC(=O)c3ccc4nccn4c3)=NO2)c1. The van der Waals surface area contributed by atoms with Gasteiger partial charge in [0.25, 0.3) is 5.91 Å². The lowest BCUT2D eigenvalue weighted by Gasteiger charge is -2.14. The summed E-state index contributed by atoms with van der Waals surface area (Å²) in [5, 5.41) is 7.02. The first-order chi connectivity index (χ1) is 16.2. The number of fused-ring (bicyclic) bond motifs is 1. The molecule has 1 unspecified atom stereocenters. The highest BCUT2D eigenvalue weighted by Gasteiger charge is 2.23. The van der Waals surface area contributed by atoms with E-state index in [4.69, 9.17) is 9.57 Å². The van der Waals surface area contributed by atoms with Crippen LogP contribution in [0.2, 0.25) is 0 Å². The maximum Gasteiger partial charge on any atom is 0.253 e. The lowest BCUT2D eigenvalue weighted by molar-refractivity contribution is 0.0472. The van der Waals surface area contributed by atoms with E-state index in [2.05, 4.69) is 26.5 Å². The molecule has 5 rings (SSSR count). The average Bonchev–Trinajstić information content (AvgIpc) is 3.50. The van der Waals surface area contributed by atoms with Gasteiger partial charge in [0.1, 0.15) is 18.0 Å². The number of ether oxygens (including phenoxy) is 1. The highest BCUT2D eigenvalue weighted by atomic mass is 16.7. The number of pyridine rings is 2. The molecule has 8 heteroatoms. The Morgan fingerprint density at radius 2 is 2.15 bits per heavy atom. The van der Waals surface area contributed by atoms with E-state index in [0.717, 1.165) is 33.8 Å². The van der Waals surface area contributed by atoms with Gasteiger partial charge in [-0.15, -0.1) is 0 Å². The summed E-state index contributed by atoms with van der Waals surface area (Å²) in [6, 6.07) is 13.5. The maximum absolute atomic E-state index is 12.5. The number of benzene rings is 1. The standard InChI is InChI=1S/C25H23N5O3/c1-17-10-19(13-26-12-17)22-4-2-3-5-23(22)32-16-21-11-20(29-33-21)14-28-25(31)18-6-7-24-27-8-9-30(24)15-18/h2-10,12-13,15,21H,11,14,16H2,1H3,(H,28,31). The summed E-state index contributed by atoms with van der Waals surface area (Å²) < 4.78 is 7.88. The molecule has 0 fully saturated rings. The molecule has 4 aromatic rings. The quantitative estimate of drug-likeness (QED) is 0.473. The van der Waals surface area contributed by atoms with Gasteiger partial charge in [-0.3, -0.25) is 9.78 Å². The van der Waals surface area contributed by atoms with Crippen LogP contribution in [-0.2, 0) is 4.84 Å². The zero-order valence-electron chi connectivity index (χ0n) is 18.1. The van der Waals surface area contributed by atoms with Crippen molar-refractivity contribution in [2.45, 2.75) is 19.4 Å². The molecule has 0 spiro atoms. The highest BCUT2D eigenvalue weighted by Crippen LogP contribution is 2.30. The number of para-hydroxylation sites is 1. The Labute approximate surface area is 190 Å². The van der Waals surface area contributed by atoms with Gasteiger partial charge in [-0.25, -0.2) is 4.98 Å². The van der Waals surface area contributed by atoms with Crippen molar-refractivity contribution in [2.24, 2.45) is 5.16 Å². The molecule has 1 N–H and O–H groups in total. The van der Waals surface area contributed by atoms with E-state index in [0.29, 0.717) is 25.1 Å². The van der Waals surface area contributed by atoms with Crippen LogP contribution >= 0.6 is 0 Å². The number of rotatable bonds is 7. The number of hydrogen-bond acceptors (Lipinski definition) is 6. The molecule has 0 saturated carbocycles. The fourth-order valence-electron chi connectivity index (χ4n) is 3.73. The summed E-state index contributed by atoms with van der Waals surface area (Å²) in [4.78, 5) is 26.5. The molecular formula is C25H23N5O3. The van der Waals surface area contributed by atoms with Crippen LogP contribution in [0.25, 0.3) is 16.8 Å². The van der Waals surface area contributed by atoms with Crippen LogP contribution in [0.4, 0.5) is 0 Å². The molecule has 0 bridgehead atoms. The van der Waals surface area contributed by atoms with Gasteiger partial charge in [-0.1, -0.05) is 23.4 Å². The van der Waals surface area contributed by atoms with Crippen LogP contribution in [0.5, 0.6) is 5.75 Å². The molecule has 0 saturated heterocycles. The molecule has 1 atom stereocenters. The molecular weight excluding hydrogens is 418 g/mol. The number of aromatic nitrogens is 3. The summed E-state index contributed by atoms with van der Waals surface area (Å²) in [7, 11) is 0. The zero-order chi connectivity index (χ0) is 22.6. The van der Waals surface area contributed by atoms with Crippen LogP contribution < -0.4 is 10.1 Å². The molecule has 1 aliphatic rings. The van der Waals surface area contributed by atoms with E-state index in [-0.39, 0.29) is 12.0 Å². The Morgan fingerprint density at radius 3 is 3.06 bits per heavy atom. The van der Waals surface area contributed by atoms with Crippen molar-refractivity contribution < 1.29 is 14.4 Å². The number of hydrogen-bond donors (Lipinski definition) is 1. The predicted molar refractivity (Wildman–Crippen MR) is 124 cm³/mol. The van der Waals surface area contributed by atoms with Crippen LogP contribution in [0, 0.1) is 6.92 Å². The van der Waals surface area contributed by atoms with Crippen molar-refractivity contribution >= 4 is 17.3 Å². The molecule has 1 aliphatic heterocycles. The third-order valence-electron chi connectivity index (χ3n) is 5.40. The molecule has 0 radical (unpaired) electrons. The molecule has 33 heavy (non-hydrogen) atoms. The second-order valence-electron chi connectivity index (χ2n) is 7.94. The van der Waals surface area contributed by atoms with Gasteiger partial charge < -0.3 is 19.3 Å². The largest absolute Gasteiger partial charge is 0.489 e. The van der Waals surface area contributed by atoms with Gasteiger partial charge >= 0.3 is 0 Å². The Kier molecular flexibility index (Phi) is 5.72. The number of aryl methyl sites for hydroxylation is 1. The lowest BCUT2D eigenvalue weighted by atomic mass is 10.1. The van der Waals surface area contributed by atoms with Gasteiger partial charge in [0.05, 0.1) is 17.8 Å². The second kappa shape index (κ2) is 9.12. The first-order valence-electron chi connectivity index (χ1n) is 10.7. The summed E-state index contributed by atoms with van der Waals surface area (Å²) in [6.45, 7) is 2.69. The van der Waals surface area contributed by atoms with Crippen molar-refractivity contribution in [3.63, 3.8) is 0 Å². The fraction of sp³-hybridized carbons (Fsp3) is 0.200. The molecule has 0 aliphatic carbocycles. The highest BCUT2D eigenvalue weighted by molar-refractivity contribution is 5.98. The average molecular weight is 441 g/mol. The van der Waals surface area contributed by atoms with Crippen LogP contribution in [0.1, 0.15) is 22.3 Å². The number of carbonyl (C=O) groups excluding carboxylic acids is 1. The minimum absolute atomic E-state index is 0.173. The fourth-order valence-corrected chi connectivity index (χ4v) is 3.73. The van der Waals surface area contributed by atoms with E-state index >= 15 is 0 Å². The normalized spacial score (nSPS) is 15.2. The zero-order valence-corrected chi connectivity index (χ0v) is 18.1. The topological polar surface area (TPSA) is 90.1 Å². The molecule has 4 heterocycles. The minimum Gasteiger partial charge on any atom is -0.489 e. The molecule has 1 amide bonds. The second-order valence-corrected chi connectivity index (χ2v) is 7.94. The van der Waals surface area contributed by atoms with Gasteiger partial charge in [0.2, 0.25) is 0 Å². The molecule has 8 nitrogen and oxygen atoms in total. The van der Waals surface area contributed by atoms with Gasteiger partial charge in [-0.05, 0) is 36.8 Å². The van der Waals surface area contributed by atoms with E-state index in [1.807, 2.05) is 54.0 Å². The number of amides is 1. The van der Waals surface area contributed by atoms with Crippen LogP contribution in [0.15, 0.2) is 78.6 Å². The van der Waals surface area contributed by atoms with Crippen LogP contribution in [0.3, 0.4) is 0 Å². The van der Waals surface area contributed by atoms with Gasteiger partial charge in [0.15, 0.2) is 6.10 Å². The summed E-state index contributed by atoms with van der Waals surface area (Å²) in [5.74, 6) is 0.596. The lowest BCUT2D eigenvalue weighted by Crippen LogP contribution is -2.30. The molecule has 166 valence electrons. The van der Waals surface area contributed by atoms with Crippen molar-refractivity contribution in [2.75, 3.05) is 13.2 Å². The monoisotopic (exact) mass is 441 g/mol. The smallest absolute Gasteiger partial charge is 0.253 e. The van der Waals surface area contributed by atoms with E-state index in [1.54, 1.807) is 24.7 Å². The maximum atomic E-state index is 12.5. The number of carbonyl (C=O) groups is 1. The first kappa shape index (κ1) is 20.7. The Balaban J connectivity index is 1.14. The van der Waals surface area contributed by atoms with E-state index in [9.17, 15) is 4.79 Å². The Hall–Kier alpha value is -4.20. The van der Waals surface area contributed by atoms with Crippen molar-refractivity contribution in [3.8, 4) is 16.9 Å². The number of nitrogens with zero attached hydrogens (tertiary/aromatic N) is 4. The molecule has 1 aromatic carbocycles. The van der Waals surface area contributed by atoms with Crippen molar-refractivity contribution in [3.05, 3.63) is 84.6 Å². The van der Waals surface area contributed by atoms with Crippen LogP contribution in [-0.4, -0.2) is 45.2 Å². The van der Waals surface area contributed by atoms with Gasteiger partial charge in [-0.2, -0.15) is 0 Å². The van der Waals surface area contributed by atoms with Crippen molar-refractivity contribution in [1.82, 2.24) is 19.7 Å². The Morgan fingerprint density at radius 1 is 1.24 bits per heavy atom. The van der Waals surface area contributed by atoms with Crippen molar-refractivity contribution in [1.29, 1.82) is 0 Å². The summed E-state index contributed by atoms with van der Waals surface area (Å²) in [6.07, 6.45) is 9.29. The van der Waals surface area contributed by atoms with Gasteiger partial charge in [0, 0.05) is 48.5 Å². The summed E-state index contributed by atoms with van der Waals surface area (Å²) >= 11 is 0. The predicted octanol–water partition coefficient (Wildman–Crippen LogP) is 3.66. The third kappa shape index (κ3) is 4.69. The third-order valence-corrected chi connectivity index (χ3v) is 5.40. The number of nitrogens with one attached hydrogen (secondary N) is 1. The Bertz CT molecular complexity index is 1330. The summed E-state index contributed by atoms with van der Waals surface area (Å²) in [5.41, 5.74) is 5.20. The van der Waals surface area contributed by atoms with E-state index in [1.165, 1.54) is 0 Å².